The van der Waals surface area contributed by atoms with Crippen molar-refractivity contribution in [3.63, 3.8) is 0 Å². The molecule has 1 N–H and O–H groups in total. The van der Waals surface area contributed by atoms with Crippen LogP contribution in [0.4, 0.5) is 0 Å². The van der Waals surface area contributed by atoms with Crippen LogP contribution in [0.2, 0.25) is 0 Å². The Kier molecular flexibility index (Phi) is 6.57. The van der Waals surface area contributed by atoms with Gasteiger partial charge in [-0.1, -0.05) is 20.3 Å². The van der Waals surface area contributed by atoms with Gasteiger partial charge in [-0.2, -0.15) is 0 Å². The highest BCUT2D eigenvalue weighted by molar-refractivity contribution is 5.97. The summed E-state index contributed by atoms with van der Waals surface area (Å²) in [6.07, 6.45) is 3.31. The molecule has 0 radical (unpaired) electrons. The second-order valence-corrected chi connectivity index (χ2v) is 5.05. The molecule has 0 spiro atoms. The predicted molar refractivity (Wildman–Crippen MR) is 78.7 cm³/mol. The Labute approximate surface area is 116 Å². The van der Waals surface area contributed by atoms with Crippen LogP contribution in [0, 0.1) is 0 Å². The van der Waals surface area contributed by atoms with Gasteiger partial charge in [0.2, 0.25) is 0 Å². The van der Waals surface area contributed by atoms with E-state index in [0.717, 1.165) is 25.8 Å². The molecule has 0 aliphatic heterocycles. The van der Waals surface area contributed by atoms with Crippen molar-refractivity contribution in [3.8, 4) is 5.75 Å². The van der Waals surface area contributed by atoms with Gasteiger partial charge in [0.05, 0.1) is 6.54 Å². The van der Waals surface area contributed by atoms with Gasteiger partial charge in [0.15, 0.2) is 5.78 Å². The molecule has 0 aliphatic rings. The van der Waals surface area contributed by atoms with Crippen molar-refractivity contribution in [2.75, 3.05) is 13.1 Å². The average molecular weight is 263 g/mol. The molecule has 0 amide bonds. The van der Waals surface area contributed by atoms with Gasteiger partial charge in [-0.3, -0.25) is 9.69 Å². The topological polar surface area (TPSA) is 40.5 Å². The third-order valence-electron chi connectivity index (χ3n) is 3.55. The first-order chi connectivity index (χ1) is 9.08. The number of carbonyl (C=O) groups is 1. The van der Waals surface area contributed by atoms with E-state index < -0.39 is 0 Å². The van der Waals surface area contributed by atoms with E-state index in [0.29, 0.717) is 18.2 Å². The maximum absolute atomic E-state index is 12.2. The maximum atomic E-state index is 12.2. The van der Waals surface area contributed by atoms with Crippen LogP contribution >= 0.6 is 0 Å². The van der Waals surface area contributed by atoms with Crippen molar-refractivity contribution < 1.29 is 9.90 Å². The summed E-state index contributed by atoms with van der Waals surface area (Å²) in [7, 11) is 0. The minimum atomic E-state index is 0.122. The normalized spacial score (nSPS) is 12.6. The van der Waals surface area contributed by atoms with Crippen LogP contribution in [0.1, 0.15) is 50.4 Å². The smallest absolute Gasteiger partial charge is 0.176 e. The van der Waals surface area contributed by atoms with Crippen LogP contribution in [-0.2, 0) is 0 Å². The van der Waals surface area contributed by atoms with Gasteiger partial charge in [-0.15, -0.1) is 0 Å². The van der Waals surface area contributed by atoms with Crippen molar-refractivity contribution >= 4 is 5.78 Å². The molecule has 0 saturated heterocycles. The largest absolute Gasteiger partial charge is 0.508 e. The molecule has 0 bridgehead atoms. The van der Waals surface area contributed by atoms with E-state index in [1.165, 1.54) is 0 Å². The Morgan fingerprint density at radius 3 is 2.42 bits per heavy atom. The molecule has 1 aromatic rings. The summed E-state index contributed by atoms with van der Waals surface area (Å²) in [5.41, 5.74) is 0.669. The fourth-order valence-electron chi connectivity index (χ4n) is 2.00. The lowest BCUT2D eigenvalue weighted by molar-refractivity contribution is 0.0894. The van der Waals surface area contributed by atoms with Crippen molar-refractivity contribution in [1.82, 2.24) is 4.90 Å². The molecule has 106 valence electrons. The Hall–Kier alpha value is -1.35. The van der Waals surface area contributed by atoms with E-state index >= 15 is 0 Å². The standard InChI is InChI=1S/C16H25NO2/c1-4-6-11-17(13(3)5-2)12-16(19)14-7-9-15(18)10-8-14/h7-10,13,18H,4-6,11-12H2,1-3H3. The molecule has 0 saturated carbocycles. The summed E-state index contributed by atoms with van der Waals surface area (Å²) >= 11 is 0. The molecule has 0 heterocycles. The van der Waals surface area contributed by atoms with Crippen molar-refractivity contribution in [2.45, 2.75) is 46.1 Å². The Morgan fingerprint density at radius 2 is 1.89 bits per heavy atom. The molecule has 1 atom stereocenters. The van der Waals surface area contributed by atoms with Crippen molar-refractivity contribution in [2.24, 2.45) is 0 Å². The number of phenolic OH excluding ortho intramolecular Hbond substituents is 1. The molecule has 19 heavy (non-hydrogen) atoms. The van der Waals surface area contributed by atoms with Gasteiger partial charge in [0, 0.05) is 11.6 Å². The number of ketones is 1. The third-order valence-corrected chi connectivity index (χ3v) is 3.55. The number of phenols is 1. The minimum Gasteiger partial charge on any atom is -0.508 e. The number of nitrogens with zero attached hydrogens (tertiary/aromatic N) is 1. The van der Waals surface area contributed by atoms with E-state index in [9.17, 15) is 9.90 Å². The monoisotopic (exact) mass is 263 g/mol. The molecular formula is C16H25NO2. The Morgan fingerprint density at radius 1 is 1.26 bits per heavy atom. The minimum absolute atomic E-state index is 0.122. The summed E-state index contributed by atoms with van der Waals surface area (Å²) in [6.45, 7) is 7.90. The first-order valence-corrected chi connectivity index (χ1v) is 7.14. The first-order valence-electron chi connectivity index (χ1n) is 7.14. The lowest BCUT2D eigenvalue weighted by Gasteiger charge is -2.27. The number of benzene rings is 1. The molecular weight excluding hydrogens is 238 g/mol. The zero-order chi connectivity index (χ0) is 14.3. The van der Waals surface area contributed by atoms with Gasteiger partial charge >= 0.3 is 0 Å². The summed E-state index contributed by atoms with van der Waals surface area (Å²) in [4.78, 5) is 14.5. The van der Waals surface area contributed by atoms with E-state index in [2.05, 4.69) is 25.7 Å². The zero-order valence-electron chi connectivity index (χ0n) is 12.2. The molecule has 1 rings (SSSR count). The van der Waals surface area contributed by atoms with Crippen molar-refractivity contribution in [3.05, 3.63) is 29.8 Å². The highest BCUT2D eigenvalue weighted by Gasteiger charge is 2.16. The van der Waals surface area contributed by atoms with E-state index in [4.69, 9.17) is 0 Å². The van der Waals surface area contributed by atoms with Gasteiger partial charge < -0.3 is 5.11 Å². The van der Waals surface area contributed by atoms with Gasteiger partial charge in [0.1, 0.15) is 5.75 Å². The number of rotatable bonds is 8. The molecule has 0 aliphatic carbocycles. The van der Waals surface area contributed by atoms with Crippen LogP contribution in [0.5, 0.6) is 5.75 Å². The number of aromatic hydroxyl groups is 1. The average Bonchev–Trinajstić information content (AvgIpc) is 2.43. The molecule has 1 unspecified atom stereocenters. The summed E-state index contributed by atoms with van der Waals surface area (Å²) in [6, 6.07) is 6.92. The first kappa shape index (κ1) is 15.7. The third kappa shape index (κ3) is 5.03. The molecule has 3 nitrogen and oxygen atoms in total. The van der Waals surface area contributed by atoms with Gasteiger partial charge in [-0.25, -0.2) is 0 Å². The van der Waals surface area contributed by atoms with Gasteiger partial charge in [-0.05, 0) is 50.6 Å². The van der Waals surface area contributed by atoms with Crippen LogP contribution < -0.4 is 0 Å². The number of unbranched alkanes of at least 4 members (excludes halogenated alkanes) is 1. The Bertz CT molecular complexity index is 386. The molecule has 3 heteroatoms. The van der Waals surface area contributed by atoms with Crippen LogP contribution in [0.3, 0.4) is 0 Å². The number of hydrogen-bond donors (Lipinski definition) is 1. The SMILES string of the molecule is CCCCN(CC(=O)c1ccc(O)cc1)C(C)CC. The molecule has 0 aromatic heterocycles. The molecule has 0 fully saturated rings. The lowest BCUT2D eigenvalue weighted by Crippen LogP contribution is -2.37. The second-order valence-electron chi connectivity index (χ2n) is 5.05. The number of hydrogen-bond acceptors (Lipinski definition) is 3. The fourth-order valence-corrected chi connectivity index (χ4v) is 2.00. The summed E-state index contributed by atoms with van der Waals surface area (Å²) in [5, 5.41) is 9.24. The lowest BCUT2D eigenvalue weighted by atomic mass is 10.1. The second kappa shape index (κ2) is 7.95. The van der Waals surface area contributed by atoms with E-state index in [-0.39, 0.29) is 11.5 Å². The highest BCUT2D eigenvalue weighted by atomic mass is 16.3. The van der Waals surface area contributed by atoms with Gasteiger partial charge in [0.25, 0.3) is 0 Å². The molecule has 1 aromatic carbocycles. The number of Topliss-reactive ketones (excluding diaryl/α,β-unsaturated/α-hetero) is 1. The number of carbonyl (C=O) groups excluding carboxylic acids is 1. The van der Waals surface area contributed by atoms with Crippen LogP contribution in [0.15, 0.2) is 24.3 Å². The quantitative estimate of drug-likeness (QED) is 0.730. The maximum Gasteiger partial charge on any atom is 0.176 e. The highest BCUT2D eigenvalue weighted by Crippen LogP contribution is 2.12. The summed E-state index contributed by atoms with van der Waals surface area (Å²) in [5.74, 6) is 0.317. The zero-order valence-corrected chi connectivity index (χ0v) is 12.2. The predicted octanol–water partition coefficient (Wildman–Crippen LogP) is 3.48. The Balaban J connectivity index is 2.66. The summed E-state index contributed by atoms with van der Waals surface area (Å²) < 4.78 is 0. The van der Waals surface area contributed by atoms with Crippen LogP contribution in [0.25, 0.3) is 0 Å². The van der Waals surface area contributed by atoms with E-state index in [1.807, 2.05) is 0 Å². The van der Waals surface area contributed by atoms with Crippen LogP contribution in [-0.4, -0.2) is 34.9 Å². The van der Waals surface area contributed by atoms with Crippen molar-refractivity contribution in [1.29, 1.82) is 0 Å². The fraction of sp³-hybridized carbons (Fsp3) is 0.562. The van der Waals surface area contributed by atoms with E-state index in [1.54, 1.807) is 24.3 Å².